The van der Waals surface area contributed by atoms with E-state index in [0.717, 1.165) is 0 Å². The summed E-state index contributed by atoms with van der Waals surface area (Å²) in [5, 5.41) is 20.8. The lowest BCUT2D eigenvalue weighted by Gasteiger charge is -2.25. The Morgan fingerprint density at radius 1 is 1.09 bits per heavy atom. The molecule has 0 radical (unpaired) electrons. The first-order valence-electron chi connectivity index (χ1n) is 7.09. The second kappa shape index (κ2) is 7.62. The van der Waals surface area contributed by atoms with Crippen molar-refractivity contribution in [3.63, 3.8) is 0 Å². The second-order valence-electron chi connectivity index (χ2n) is 6.10. The molecular weight excluding hydrogens is 302 g/mol. The molecule has 1 amide bonds. The fraction of sp³-hybridized carbons (Fsp3) is 0.438. The van der Waals surface area contributed by atoms with Crippen molar-refractivity contribution in [2.75, 3.05) is 0 Å². The molecule has 0 unspecified atom stereocenters. The van der Waals surface area contributed by atoms with Gasteiger partial charge in [-0.2, -0.15) is 0 Å². The number of amides is 1. The van der Waals surface area contributed by atoms with Gasteiger partial charge in [0.05, 0.1) is 5.92 Å². The Labute approximate surface area is 134 Å². The molecule has 7 nitrogen and oxygen atoms in total. The van der Waals surface area contributed by atoms with Crippen LogP contribution in [0.5, 0.6) is 0 Å². The van der Waals surface area contributed by atoms with E-state index in [1.807, 2.05) is 0 Å². The van der Waals surface area contributed by atoms with Crippen LogP contribution in [0, 0.1) is 5.92 Å². The summed E-state index contributed by atoms with van der Waals surface area (Å²) in [6.07, 6.45) is -0.993. The maximum atomic E-state index is 11.8. The number of ether oxygens (including phenoxy) is 1. The number of carboxylic acids is 2. The number of hydrogen-bond donors (Lipinski definition) is 3. The molecule has 1 rings (SSSR count). The van der Waals surface area contributed by atoms with Gasteiger partial charge in [-0.3, -0.25) is 4.79 Å². The molecule has 0 saturated heterocycles. The molecule has 3 N–H and O–H groups in total. The van der Waals surface area contributed by atoms with E-state index in [2.05, 4.69) is 5.32 Å². The van der Waals surface area contributed by atoms with Crippen LogP contribution in [0.25, 0.3) is 0 Å². The van der Waals surface area contributed by atoms with Crippen molar-refractivity contribution in [1.82, 2.24) is 5.32 Å². The Kier molecular flexibility index (Phi) is 6.12. The number of carbonyl (C=O) groups excluding carboxylic acids is 1. The highest BCUT2D eigenvalue weighted by atomic mass is 16.6. The summed E-state index contributed by atoms with van der Waals surface area (Å²) in [6, 6.07) is 7.02. The van der Waals surface area contributed by atoms with E-state index in [1.165, 1.54) is 0 Å². The predicted octanol–water partition coefficient (Wildman–Crippen LogP) is 1.91. The maximum Gasteiger partial charge on any atom is 0.408 e. The maximum absolute atomic E-state index is 11.8. The zero-order chi connectivity index (χ0) is 17.6. The Hall–Kier alpha value is -2.57. The summed E-state index contributed by atoms with van der Waals surface area (Å²) in [5.41, 5.74) is -0.150. The zero-order valence-electron chi connectivity index (χ0n) is 13.3. The van der Waals surface area contributed by atoms with E-state index in [4.69, 9.17) is 4.74 Å². The van der Waals surface area contributed by atoms with Gasteiger partial charge in [0.1, 0.15) is 11.6 Å². The molecule has 126 valence electrons. The molecule has 1 aromatic carbocycles. The molecule has 0 bridgehead atoms. The highest BCUT2D eigenvalue weighted by Gasteiger charge is 2.36. The molecule has 0 fully saturated rings. The lowest BCUT2D eigenvalue weighted by Crippen LogP contribution is -2.50. The van der Waals surface area contributed by atoms with Crippen LogP contribution in [-0.4, -0.2) is 39.9 Å². The smallest absolute Gasteiger partial charge is 0.408 e. The van der Waals surface area contributed by atoms with Crippen molar-refractivity contribution in [2.45, 2.75) is 38.8 Å². The number of alkyl carbamates (subject to hydrolysis) is 1. The van der Waals surface area contributed by atoms with Crippen molar-refractivity contribution < 1.29 is 29.3 Å². The lowest BCUT2D eigenvalue weighted by molar-refractivity contribution is -0.150. The monoisotopic (exact) mass is 323 g/mol. The number of hydrogen-bond acceptors (Lipinski definition) is 4. The summed E-state index contributed by atoms with van der Waals surface area (Å²) in [5.74, 6) is -4.06. The van der Waals surface area contributed by atoms with Gasteiger partial charge in [0.25, 0.3) is 0 Å². The molecule has 0 aromatic heterocycles. The van der Waals surface area contributed by atoms with E-state index in [0.29, 0.717) is 5.56 Å². The first kappa shape index (κ1) is 18.5. The molecule has 0 aliphatic heterocycles. The molecule has 0 spiro atoms. The Morgan fingerprint density at radius 2 is 1.65 bits per heavy atom. The van der Waals surface area contributed by atoms with Gasteiger partial charge < -0.3 is 20.3 Å². The normalized spacial score (nSPS) is 13.7. The topological polar surface area (TPSA) is 113 Å². The van der Waals surface area contributed by atoms with Gasteiger partial charge in [0.2, 0.25) is 0 Å². The minimum Gasteiger partial charge on any atom is -0.481 e. The third-order valence-corrected chi connectivity index (χ3v) is 2.96. The lowest BCUT2D eigenvalue weighted by atomic mass is 9.92. The SMILES string of the molecule is CC(C)(C)OC(=O)N[C@H](C(=O)O)[C@@H](Cc1ccccc1)C(=O)O. The third kappa shape index (κ3) is 6.37. The molecule has 0 aliphatic carbocycles. The van der Waals surface area contributed by atoms with Crippen LogP contribution in [0.2, 0.25) is 0 Å². The van der Waals surface area contributed by atoms with Gasteiger partial charge in [-0.1, -0.05) is 30.3 Å². The third-order valence-electron chi connectivity index (χ3n) is 2.96. The molecule has 0 aliphatic rings. The van der Waals surface area contributed by atoms with Crippen LogP contribution in [0.1, 0.15) is 26.3 Å². The van der Waals surface area contributed by atoms with Crippen LogP contribution in [0.4, 0.5) is 4.79 Å². The van der Waals surface area contributed by atoms with Gasteiger partial charge in [0.15, 0.2) is 0 Å². The van der Waals surface area contributed by atoms with Crippen LogP contribution in [-0.2, 0) is 20.7 Å². The van der Waals surface area contributed by atoms with E-state index in [1.54, 1.807) is 51.1 Å². The van der Waals surface area contributed by atoms with Crippen molar-refractivity contribution in [3.8, 4) is 0 Å². The zero-order valence-corrected chi connectivity index (χ0v) is 13.3. The van der Waals surface area contributed by atoms with E-state index in [9.17, 15) is 24.6 Å². The molecule has 0 heterocycles. The van der Waals surface area contributed by atoms with E-state index < -0.39 is 35.6 Å². The second-order valence-corrected chi connectivity index (χ2v) is 6.10. The van der Waals surface area contributed by atoms with Crippen LogP contribution in [0.15, 0.2) is 30.3 Å². The highest BCUT2D eigenvalue weighted by molar-refractivity contribution is 5.86. The average molecular weight is 323 g/mol. The quantitative estimate of drug-likeness (QED) is 0.737. The molecule has 2 atom stereocenters. The van der Waals surface area contributed by atoms with Crippen LogP contribution >= 0.6 is 0 Å². The van der Waals surface area contributed by atoms with Crippen molar-refractivity contribution in [3.05, 3.63) is 35.9 Å². The highest BCUT2D eigenvalue weighted by Crippen LogP contribution is 2.15. The molecule has 0 saturated carbocycles. The standard InChI is InChI=1S/C16H21NO6/c1-16(2,3)23-15(22)17-12(14(20)21)11(13(18)19)9-10-7-5-4-6-8-10/h4-8,11-12H,9H2,1-3H3,(H,17,22)(H,18,19)(H,20,21)/t11-,12+/m1/s1. The first-order valence-corrected chi connectivity index (χ1v) is 7.09. The minimum atomic E-state index is -1.59. The minimum absolute atomic E-state index is 0.0249. The fourth-order valence-corrected chi connectivity index (χ4v) is 1.98. The Balaban J connectivity index is 2.92. The predicted molar refractivity (Wildman–Crippen MR) is 82.1 cm³/mol. The van der Waals surface area contributed by atoms with Gasteiger partial charge in [-0.15, -0.1) is 0 Å². The molecule has 1 aromatic rings. The van der Waals surface area contributed by atoms with Gasteiger partial charge in [-0.05, 0) is 32.8 Å². The van der Waals surface area contributed by atoms with E-state index in [-0.39, 0.29) is 6.42 Å². The summed E-state index contributed by atoms with van der Waals surface area (Å²) < 4.78 is 4.99. The van der Waals surface area contributed by atoms with Crippen molar-refractivity contribution >= 4 is 18.0 Å². The summed E-state index contributed by atoms with van der Waals surface area (Å²) in [7, 11) is 0. The fourth-order valence-electron chi connectivity index (χ4n) is 1.98. The molecule has 7 heteroatoms. The average Bonchev–Trinajstić information content (AvgIpc) is 2.41. The van der Waals surface area contributed by atoms with E-state index >= 15 is 0 Å². The number of benzene rings is 1. The van der Waals surface area contributed by atoms with Crippen LogP contribution < -0.4 is 5.32 Å². The summed E-state index contributed by atoms with van der Waals surface area (Å²) in [6.45, 7) is 4.88. The summed E-state index contributed by atoms with van der Waals surface area (Å²) in [4.78, 5) is 34.6. The first-order chi connectivity index (χ1) is 10.6. The van der Waals surface area contributed by atoms with Crippen LogP contribution in [0.3, 0.4) is 0 Å². The number of carboxylic acid groups (broad SMARTS) is 2. The van der Waals surface area contributed by atoms with Crippen molar-refractivity contribution in [1.29, 1.82) is 0 Å². The van der Waals surface area contributed by atoms with Gasteiger partial charge in [0, 0.05) is 0 Å². The van der Waals surface area contributed by atoms with Gasteiger partial charge >= 0.3 is 18.0 Å². The number of nitrogens with one attached hydrogen (secondary N) is 1. The molecular formula is C16H21NO6. The molecule has 23 heavy (non-hydrogen) atoms. The van der Waals surface area contributed by atoms with Gasteiger partial charge in [-0.25, -0.2) is 9.59 Å². The Bertz CT molecular complexity index is 564. The number of aliphatic carboxylic acids is 2. The number of carbonyl (C=O) groups is 3. The number of rotatable bonds is 6. The summed E-state index contributed by atoms with van der Waals surface area (Å²) >= 11 is 0. The largest absolute Gasteiger partial charge is 0.481 e. The van der Waals surface area contributed by atoms with Crippen molar-refractivity contribution in [2.24, 2.45) is 5.92 Å². The Morgan fingerprint density at radius 3 is 2.09 bits per heavy atom.